The Hall–Kier alpha value is -2.29. The van der Waals surface area contributed by atoms with E-state index in [0.717, 1.165) is 0 Å². The fourth-order valence-electron chi connectivity index (χ4n) is 4.36. The summed E-state index contributed by atoms with van der Waals surface area (Å²) in [4.78, 5) is 12.8. The first-order valence-electron chi connectivity index (χ1n) is 9.94. The molecule has 0 radical (unpaired) electrons. The second-order valence-corrected chi connectivity index (χ2v) is 9.78. The van der Waals surface area contributed by atoms with Crippen LogP contribution in [0.25, 0.3) is 0 Å². The van der Waals surface area contributed by atoms with Gasteiger partial charge in [0, 0.05) is 37.2 Å². The fourth-order valence-corrected chi connectivity index (χ4v) is 5.77. The lowest BCUT2D eigenvalue weighted by Gasteiger charge is -2.34. The van der Waals surface area contributed by atoms with Crippen molar-refractivity contribution in [2.45, 2.75) is 54.1 Å². The van der Waals surface area contributed by atoms with Gasteiger partial charge in [0.05, 0.1) is 17.1 Å². The predicted octanol–water partition coefficient (Wildman–Crippen LogP) is 2.82. The number of sulfone groups is 1. The summed E-state index contributed by atoms with van der Waals surface area (Å²) in [6, 6.07) is 8.96. The Morgan fingerprint density at radius 1 is 1.20 bits per heavy atom. The molecule has 4 rings (SSSR count). The van der Waals surface area contributed by atoms with Crippen molar-refractivity contribution in [1.82, 2.24) is 0 Å². The van der Waals surface area contributed by atoms with E-state index in [-0.39, 0.29) is 41.2 Å². The van der Waals surface area contributed by atoms with Gasteiger partial charge in [0.15, 0.2) is 0 Å². The number of rotatable bonds is 3. The number of aliphatic hydroxyl groups is 1. The van der Waals surface area contributed by atoms with E-state index in [2.05, 4.69) is 0 Å². The highest BCUT2D eigenvalue weighted by Gasteiger charge is 2.34. The largest absolute Gasteiger partial charge is 0.392 e. The fraction of sp³-hybridized carbons (Fsp3) is 0.409. The van der Waals surface area contributed by atoms with Crippen LogP contribution >= 0.6 is 0 Å². The molecule has 8 heteroatoms. The van der Waals surface area contributed by atoms with Crippen molar-refractivity contribution in [1.29, 1.82) is 0 Å². The quantitative estimate of drug-likeness (QED) is 0.805. The summed E-state index contributed by atoms with van der Waals surface area (Å²) in [5.41, 5.74) is 1.27. The van der Waals surface area contributed by atoms with E-state index >= 15 is 4.39 Å². The molecule has 3 unspecified atom stereocenters. The third kappa shape index (κ3) is 3.42. The summed E-state index contributed by atoms with van der Waals surface area (Å²) >= 11 is 0. The molecule has 160 valence electrons. The topological polar surface area (TPSA) is 83.9 Å². The van der Waals surface area contributed by atoms with E-state index in [0.29, 0.717) is 24.3 Å². The molecule has 3 atom stereocenters. The van der Waals surface area contributed by atoms with E-state index in [4.69, 9.17) is 4.74 Å². The van der Waals surface area contributed by atoms with E-state index in [1.165, 1.54) is 29.2 Å². The SMILES string of the molecule is CC1OCCC(O)C1c1cccc(S(=O)(=O)c2ccc3c(c2F)CCC(=O)N3C)c1. The lowest BCUT2D eigenvalue weighted by molar-refractivity contribution is -0.118. The predicted molar refractivity (Wildman–Crippen MR) is 109 cm³/mol. The van der Waals surface area contributed by atoms with Gasteiger partial charge in [-0.1, -0.05) is 12.1 Å². The molecule has 1 saturated heterocycles. The monoisotopic (exact) mass is 433 g/mol. The number of hydrogen-bond donors (Lipinski definition) is 1. The number of amides is 1. The number of fused-ring (bicyclic) bond motifs is 1. The highest BCUT2D eigenvalue weighted by atomic mass is 32.2. The molecule has 2 heterocycles. The molecule has 0 aromatic heterocycles. The highest BCUT2D eigenvalue weighted by molar-refractivity contribution is 7.91. The van der Waals surface area contributed by atoms with Crippen LogP contribution in [-0.4, -0.2) is 45.3 Å². The normalized spacial score (nSPS) is 24.6. The minimum absolute atomic E-state index is 0.0379. The van der Waals surface area contributed by atoms with Crippen LogP contribution in [0.3, 0.4) is 0 Å². The summed E-state index contributed by atoms with van der Waals surface area (Å²) in [7, 11) is -2.58. The van der Waals surface area contributed by atoms with Crippen LogP contribution in [0, 0.1) is 5.82 Å². The molecule has 1 amide bonds. The third-order valence-corrected chi connectivity index (χ3v) is 7.83. The van der Waals surface area contributed by atoms with Crippen LogP contribution in [0.5, 0.6) is 0 Å². The average Bonchev–Trinajstić information content (AvgIpc) is 2.71. The smallest absolute Gasteiger partial charge is 0.227 e. The molecule has 0 spiro atoms. The van der Waals surface area contributed by atoms with Gasteiger partial charge in [-0.2, -0.15) is 0 Å². The molecule has 2 aromatic carbocycles. The van der Waals surface area contributed by atoms with Crippen LogP contribution in [0.1, 0.15) is 36.8 Å². The maximum absolute atomic E-state index is 15.2. The molecule has 0 bridgehead atoms. The van der Waals surface area contributed by atoms with E-state index < -0.39 is 26.7 Å². The van der Waals surface area contributed by atoms with Crippen molar-refractivity contribution in [3.05, 3.63) is 53.3 Å². The number of hydrogen-bond acceptors (Lipinski definition) is 5. The van der Waals surface area contributed by atoms with Gasteiger partial charge in [0.2, 0.25) is 15.7 Å². The van der Waals surface area contributed by atoms with Crippen molar-refractivity contribution in [2.24, 2.45) is 0 Å². The number of benzene rings is 2. The number of carbonyl (C=O) groups is 1. The minimum atomic E-state index is -4.13. The molecule has 0 aliphatic carbocycles. The highest BCUT2D eigenvalue weighted by Crippen LogP contribution is 2.36. The molecule has 1 fully saturated rings. The van der Waals surface area contributed by atoms with Gasteiger partial charge in [-0.15, -0.1) is 0 Å². The van der Waals surface area contributed by atoms with Crippen molar-refractivity contribution >= 4 is 21.4 Å². The van der Waals surface area contributed by atoms with E-state index in [1.54, 1.807) is 19.2 Å². The lowest BCUT2D eigenvalue weighted by atomic mass is 9.86. The molecule has 1 N–H and O–H groups in total. The minimum Gasteiger partial charge on any atom is -0.392 e. The zero-order chi connectivity index (χ0) is 21.6. The van der Waals surface area contributed by atoms with Crippen LogP contribution < -0.4 is 4.90 Å². The van der Waals surface area contributed by atoms with Crippen LogP contribution in [-0.2, 0) is 25.8 Å². The second-order valence-electron chi connectivity index (χ2n) is 7.86. The number of aliphatic hydroxyl groups excluding tert-OH is 1. The Balaban J connectivity index is 1.76. The van der Waals surface area contributed by atoms with Crippen molar-refractivity contribution in [2.75, 3.05) is 18.6 Å². The Morgan fingerprint density at radius 3 is 2.70 bits per heavy atom. The zero-order valence-electron chi connectivity index (χ0n) is 16.8. The average molecular weight is 434 g/mol. The standard InChI is InChI=1S/C22H24FNO5S/c1-13-21(18(25)10-11-29-13)14-4-3-5-15(12-14)30(27,28)19-8-7-17-16(22(19)23)6-9-20(26)24(17)2/h3-5,7-8,12-13,18,21,25H,6,9-11H2,1-2H3. The Kier molecular flexibility index (Phi) is 5.42. The maximum Gasteiger partial charge on any atom is 0.227 e. The first kappa shape index (κ1) is 21.0. The Bertz CT molecular complexity index is 1090. The second kappa shape index (κ2) is 7.76. The summed E-state index contributed by atoms with van der Waals surface area (Å²) in [5.74, 6) is -1.30. The molecule has 2 aliphatic rings. The number of anilines is 1. The summed E-state index contributed by atoms with van der Waals surface area (Å²) in [5, 5.41) is 10.4. The molecular weight excluding hydrogens is 409 g/mol. The summed E-state index contributed by atoms with van der Waals surface area (Å²) in [6.07, 6.45) is -0.133. The third-order valence-electron chi connectivity index (χ3n) is 6.06. The van der Waals surface area contributed by atoms with Crippen molar-refractivity contribution in [3.63, 3.8) is 0 Å². The Morgan fingerprint density at radius 2 is 1.97 bits per heavy atom. The molecule has 0 saturated carbocycles. The van der Waals surface area contributed by atoms with Gasteiger partial charge in [-0.3, -0.25) is 4.79 Å². The van der Waals surface area contributed by atoms with Gasteiger partial charge >= 0.3 is 0 Å². The van der Waals surface area contributed by atoms with Gasteiger partial charge in [-0.25, -0.2) is 12.8 Å². The molecule has 6 nitrogen and oxygen atoms in total. The first-order chi connectivity index (χ1) is 14.2. The van der Waals surface area contributed by atoms with Crippen LogP contribution in [0.15, 0.2) is 46.2 Å². The van der Waals surface area contributed by atoms with E-state index in [1.807, 2.05) is 6.92 Å². The molecule has 2 aromatic rings. The van der Waals surface area contributed by atoms with E-state index in [9.17, 15) is 18.3 Å². The lowest BCUT2D eigenvalue weighted by Crippen LogP contribution is -2.36. The van der Waals surface area contributed by atoms with Crippen LogP contribution in [0.4, 0.5) is 10.1 Å². The number of carbonyl (C=O) groups excluding carboxylic acids is 1. The molecule has 2 aliphatic heterocycles. The van der Waals surface area contributed by atoms with Crippen LogP contribution in [0.2, 0.25) is 0 Å². The van der Waals surface area contributed by atoms with Gasteiger partial charge < -0.3 is 14.7 Å². The van der Waals surface area contributed by atoms with Gasteiger partial charge in [0.25, 0.3) is 0 Å². The molecule has 30 heavy (non-hydrogen) atoms. The van der Waals surface area contributed by atoms with Crippen molar-refractivity contribution < 1.29 is 27.4 Å². The zero-order valence-corrected chi connectivity index (χ0v) is 17.7. The number of nitrogens with zero attached hydrogens (tertiary/aromatic N) is 1. The molecular formula is C22H24FNO5S. The maximum atomic E-state index is 15.2. The summed E-state index contributed by atoms with van der Waals surface area (Å²) < 4.78 is 47.4. The summed E-state index contributed by atoms with van der Waals surface area (Å²) in [6.45, 7) is 2.29. The first-order valence-corrected chi connectivity index (χ1v) is 11.4. The van der Waals surface area contributed by atoms with Gasteiger partial charge in [0.1, 0.15) is 10.7 Å². The number of halogens is 1. The Labute approximate surface area is 175 Å². The van der Waals surface area contributed by atoms with Gasteiger partial charge in [-0.05, 0) is 49.6 Å². The number of ether oxygens (including phenoxy) is 1. The van der Waals surface area contributed by atoms with Crippen molar-refractivity contribution in [3.8, 4) is 0 Å².